The summed E-state index contributed by atoms with van der Waals surface area (Å²) in [5.74, 6) is 0.968. The molecule has 0 amide bonds. The molecule has 0 saturated carbocycles. The molecular weight excluding hydrogens is 337 g/mol. The first-order valence-electron chi connectivity index (χ1n) is 6.97. The third-order valence-corrected chi connectivity index (χ3v) is 4.50. The van der Waals surface area contributed by atoms with Crippen molar-refractivity contribution in [2.24, 2.45) is 0 Å². The predicted molar refractivity (Wildman–Crippen MR) is 83.8 cm³/mol. The van der Waals surface area contributed by atoms with Gasteiger partial charge in [-0.3, -0.25) is 5.10 Å². The first-order chi connectivity index (χ1) is 10.2. The topological polar surface area (TPSA) is 56.8 Å². The first-order valence-corrected chi connectivity index (χ1v) is 7.76. The quantitative estimate of drug-likeness (QED) is 0.890. The van der Waals surface area contributed by atoms with Gasteiger partial charge in [0, 0.05) is 24.7 Å². The molecule has 2 heterocycles. The van der Waals surface area contributed by atoms with Gasteiger partial charge in [-0.25, -0.2) is 4.39 Å². The fourth-order valence-corrected chi connectivity index (χ4v) is 2.78. The molecule has 0 aliphatic carbocycles. The maximum Gasteiger partial charge on any atom is 0.245 e. The molecule has 1 aliphatic heterocycles. The molecule has 7 heteroatoms. The largest absolute Gasteiger partial charge is 0.339 e. The minimum atomic E-state index is -0.305. The number of hydrogen-bond donors (Lipinski definition) is 2. The second kappa shape index (κ2) is 6.11. The SMILES string of the molecule is CNC1CCN(c2n[nH]c(-c3ccc(Br)c(F)c3)n2)CC1. The molecule has 21 heavy (non-hydrogen) atoms. The standard InChI is InChI=1S/C14H17BrFN5/c1-17-10-4-6-21(7-5-10)14-18-13(19-20-14)9-2-3-11(15)12(16)8-9/h2-3,8,10,17H,4-7H2,1H3,(H,18,19,20). The summed E-state index contributed by atoms with van der Waals surface area (Å²) in [5.41, 5.74) is 0.694. The zero-order valence-corrected chi connectivity index (χ0v) is 13.3. The van der Waals surface area contributed by atoms with E-state index in [1.807, 2.05) is 13.1 Å². The van der Waals surface area contributed by atoms with Crippen LogP contribution in [-0.4, -0.2) is 41.4 Å². The molecule has 0 bridgehead atoms. The van der Waals surface area contributed by atoms with Crippen LogP contribution in [0.4, 0.5) is 10.3 Å². The van der Waals surface area contributed by atoms with Gasteiger partial charge in [0.25, 0.3) is 0 Å². The summed E-state index contributed by atoms with van der Waals surface area (Å²) in [7, 11) is 1.99. The molecule has 0 unspecified atom stereocenters. The van der Waals surface area contributed by atoms with E-state index in [1.54, 1.807) is 6.07 Å². The van der Waals surface area contributed by atoms with Gasteiger partial charge in [-0.1, -0.05) is 0 Å². The van der Waals surface area contributed by atoms with Crippen LogP contribution < -0.4 is 10.2 Å². The van der Waals surface area contributed by atoms with Gasteiger partial charge >= 0.3 is 0 Å². The number of rotatable bonds is 3. The Balaban J connectivity index is 1.76. The zero-order valence-electron chi connectivity index (χ0n) is 11.7. The lowest BCUT2D eigenvalue weighted by Gasteiger charge is -2.30. The van der Waals surface area contributed by atoms with Crippen molar-refractivity contribution >= 4 is 21.9 Å². The van der Waals surface area contributed by atoms with E-state index in [4.69, 9.17) is 0 Å². The van der Waals surface area contributed by atoms with Crippen molar-refractivity contribution in [1.82, 2.24) is 20.5 Å². The van der Waals surface area contributed by atoms with E-state index in [1.165, 1.54) is 6.07 Å². The van der Waals surface area contributed by atoms with Crippen molar-refractivity contribution in [3.8, 4) is 11.4 Å². The van der Waals surface area contributed by atoms with Crippen LogP contribution in [0.2, 0.25) is 0 Å². The summed E-state index contributed by atoms with van der Waals surface area (Å²) in [6.07, 6.45) is 2.15. The van der Waals surface area contributed by atoms with Crippen LogP contribution in [0.3, 0.4) is 0 Å². The number of halogens is 2. The van der Waals surface area contributed by atoms with Gasteiger partial charge in [0.15, 0.2) is 5.82 Å². The van der Waals surface area contributed by atoms with E-state index in [9.17, 15) is 4.39 Å². The monoisotopic (exact) mass is 353 g/mol. The van der Waals surface area contributed by atoms with Gasteiger partial charge in [0.2, 0.25) is 5.95 Å². The van der Waals surface area contributed by atoms with Crippen LogP contribution in [0.5, 0.6) is 0 Å². The lowest BCUT2D eigenvalue weighted by Crippen LogP contribution is -2.41. The number of H-pyrrole nitrogens is 1. The summed E-state index contributed by atoms with van der Waals surface area (Å²) in [4.78, 5) is 6.64. The number of aromatic amines is 1. The number of nitrogens with zero attached hydrogens (tertiary/aromatic N) is 3. The minimum Gasteiger partial charge on any atom is -0.339 e. The Hall–Kier alpha value is -1.47. The zero-order chi connectivity index (χ0) is 14.8. The molecule has 1 fully saturated rings. The Bertz CT molecular complexity index is 622. The van der Waals surface area contributed by atoms with E-state index in [0.717, 1.165) is 25.9 Å². The fraction of sp³-hybridized carbons (Fsp3) is 0.429. The second-order valence-corrected chi connectivity index (χ2v) is 6.02. The van der Waals surface area contributed by atoms with Crippen LogP contribution >= 0.6 is 15.9 Å². The number of aromatic nitrogens is 3. The van der Waals surface area contributed by atoms with Crippen LogP contribution in [0.1, 0.15) is 12.8 Å². The number of benzene rings is 1. The van der Waals surface area contributed by atoms with Gasteiger partial charge in [-0.15, -0.1) is 5.10 Å². The van der Waals surface area contributed by atoms with Gasteiger partial charge < -0.3 is 10.2 Å². The molecule has 0 spiro atoms. The molecule has 1 aromatic carbocycles. The highest BCUT2D eigenvalue weighted by Gasteiger charge is 2.21. The van der Waals surface area contributed by atoms with Crippen LogP contribution in [0.15, 0.2) is 22.7 Å². The second-order valence-electron chi connectivity index (χ2n) is 5.16. The van der Waals surface area contributed by atoms with Gasteiger partial charge in [-0.2, -0.15) is 4.98 Å². The predicted octanol–water partition coefficient (Wildman–Crippen LogP) is 2.56. The highest BCUT2D eigenvalue weighted by Crippen LogP contribution is 2.24. The highest BCUT2D eigenvalue weighted by molar-refractivity contribution is 9.10. The molecule has 1 aliphatic rings. The van der Waals surface area contributed by atoms with Crippen molar-refractivity contribution in [1.29, 1.82) is 0 Å². The molecule has 2 aromatic rings. The van der Waals surface area contributed by atoms with Crippen molar-refractivity contribution in [3.63, 3.8) is 0 Å². The van der Waals surface area contributed by atoms with E-state index in [2.05, 4.69) is 41.3 Å². The lowest BCUT2D eigenvalue weighted by atomic mass is 10.1. The average molecular weight is 354 g/mol. The van der Waals surface area contributed by atoms with Crippen LogP contribution in [0, 0.1) is 5.82 Å². The highest BCUT2D eigenvalue weighted by atomic mass is 79.9. The maximum atomic E-state index is 13.6. The number of anilines is 1. The minimum absolute atomic E-state index is 0.305. The average Bonchev–Trinajstić information content (AvgIpc) is 3.00. The third-order valence-electron chi connectivity index (χ3n) is 3.85. The Morgan fingerprint density at radius 3 is 2.81 bits per heavy atom. The summed E-state index contributed by atoms with van der Waals surface area (Å²) in [6.45, 7) is 1.86. The maximum absolute atomic E-state index is 13.6. The van der Waals surface area contributed by atoms with Gasteiger partial charge in [0.05, 0.1) is 4.47 Å². The Labute approximate surface area is 131 Å². The van der Waals surface area contributed by atoms with E-state index in [-0.39, 0.29) is 5.82 Å². The Morgan fingerprint density at radius 2 is 2.14 bits per heavy atom. The summed E-state index contributed by atoms with van der Waals surface area (Å²) >= 11 is 3.15. The molecular formula is C14H17BrFN5. The molecule has 1 aromatic heterocycles. The summed E-state index contributed by atoms with van der Waals surface area (Å²) < 4.78 is 14.0. The Morgan fingerprint density at radius 1 is 1.38 bits per heavy atom. The normalized spacial score (nSPS) is 16.4. The summed E-state index contributed by atoms with van der Waals surface area (Å²) in [6, 6.07) is 5.50. The van der Waals surface area contributed by atoms with Gasteiger partial charge in [0.1, 0.15) is 5.82 Å². The molecule has 0 atom stereocenters. The van der Waals surface area contributed by atoms with E-state index >= 15 is 0 Å². The summed E-state index contributed by atoms with van der Waals surface area (Å²) in [5, 5.41) is 10.4. The fourth-order valence-electron chi connectivity index (χ4n) is 2.54. The molecule has 3 rings (SSSR count). The van der Waals surface area contributed by atoms with Crippen LogP contribution in [-0.2, 0) is 0 Å². The van der Waals surface area contributed by atoms with Crippen molar-refractivity contribution in [2.45, 2.75) is 18.9 Å². The lowest BCUT2D eigenvalue weighted by molar-refractivity contribution is 0.439. The first kappa shape index (κ1) is 14.5. The van der Waals surface area contributed by atoms with Crippen molar-refractivity contribution in [3.05, 3.63) is 28.5 Å². The molecule has 112 valence electrons. The number of nitrogens with one attached hydrogen (secondary N) is 2. The van der Waals surface area contributed by atoms with Gasteiger partial charge in [-0.05, 0) is 54.0 Å². The molecule has 5 nitrogen and oxygen atoms in total. The smallest absolute Gasteiger partial charge is 0.245 e. The molecule has 1 saturated heterocycles. The number of piperidine rings is 1. The molecule has 0 radical (unpaired) electrons. The van der Waals surface area contributed by atoms with Crippen LogP contribution in [0.25, 0.3) is 11.4 Å². The number of hydrogen-bond acceptors (Lipinski definition) is 4. The van der Waals surface area contributed by atoms with E-state index in [0.29, 0.717) is 27.9 Å². The van der Waals surface area contributed by atoms with Crippen molar-refractivity contribution < 1.29 is 4.39 Å². The van der Waals surface area contributed by atoms with E-state index < -0.39 is 0 Å². The molecule has 2 N–H and O–H groups in total. The van der Waals surface area contributed by atoms with Crippen molar-refractivity contribution in [2.75, 3.05) is 25.0 Å². The Kier molecular flexibility index (Phi) is 4.21. The third kappa shape index (κ3) is 3.08.